The zero-order chi connectivity index (χ0) is 16.1. The molecule has 1 aromatic rings. The smallest absolute Gasteiger partial charge is 0.192 e. The molecule has 0 bridgehead atoms. The number of nitrogens with zero attached hydrogens (tertiary/aromatic N) is 1. The molecule has 0 saturated carbocycles. The monoisotopic (exact) mass is 307 g/mol. The first-order chi connectivity index (χ1) is 9.65. The first-order valence-corrected chi connectivity index (χ1v) is 10.4. The van der Waals surface area contributed by atoms with Gasteiger partial charge < -0.3 is 9.16 Å². The first-order valence-electron chi connectivity index (χ1n) is 7.46. The maximum Gasteiger partial charge on any atom is 0.192 e. The Morgan fingerprint density at radius 1 is 1.19 bits per heavy atom. The Hall–Kier alpha value is -1.13. The second-order valence-electron chi connectivity index (χ2n) is 6.92. The molecule has 0 amide bonds. The molecule has 1 rings (SSSR count). The maximum absolute atomic E-state index is 6.25. The van der Waals surface area contributed by atoms with Crippen molar-refractivity contribution >= 4 is 14.5 Å². The molecule has 0 saturated heterocycles. The second-order valence-corrected chi connectivity index (χ2v) is 11.7. The summed E-state index contributed by atoms with van der Waals surface area (Å²) >= 11 is 0. The van der Waals surface area contributed by atoms with Gasteiger partial charge in [-0.25, -0.2) is 0 Å². The average Bonchev–Trinajstić information content (AvgIpc) is 2.37. The van der Waals surface area contributed by atoms with E-state index in [1.54, 1.807) is 7.11 Å². The lowest BCUT2D eigenvalue weighted by atomic mass is 10.2. The largest absolute Gasteiger partial charge is 0.497 e. The third-order valence-electron chi connectivity index (χ3n) is 4.03. The van der Waals surface area contributed by atoms with E-state index in [9.17, 15) is 0 Å². The van der Waals surface area contributed by atoms with Crippen LogP contribution in [0.15, 0.2) is 29.3 Å². The third kappa shape index (κ3) is 5.63. The number of hydrogen-bond donors (Lipinski definition) is 0. The number of methoxy groups -OCH3 is 1. The van der Waals surface area contributed by atoms with Crippen molar-refractivity contribution in [1.29, 1.82) is 0 Å². The fourth-order valence-electron chi connectivity index (χ4n) is 1.71. The molecule has 1 atom stereocenters. The van der Waals surface area contributed by atoms with Gasteiger partial charge in [0.1, 0.15) is 5.75 Å². The fourth-order valence-corrected chi connectivity index (χ4v) is 3.05. The number of rotatable bonds is 6. The van der Waals surface area contributed by atoms with Crippen LogP contribution < -0.4 is 4.74 Å². The summed E-state index contributed by atoms with van der Waals surface area (Å²) in [6.45, 7) is 14.0. The van der Waals surface area contributed by atoms with Crippen molar-refractivity contribution in [2.45, 2.75) is 58.5 Å². The van der Waals surface area contributed by atoms with Crippen molar-refractivity contribution in [3.8, 4) is 5.75 Å². The average molecular weight is 308 g/mol. The lowest BCUT2D eigenvalue weighted by Crippen LogP contribution is -2.43. The molecule has 0 aliphatic heterocycles. The fraction of sp³-hybridized carbons (Fsp3) is 0.588. The molecule has 0 aliphatic carbocycles. The summed E-state index contributed by atoms with van der Waals surface area (Å²) in [5.74, 6) is 0.873. The van der Waals surface area contributed by atoms with E-state index in [1.807, 2.05) is 30.5 Å². The van der Waals surface area contributed by atoms with E-state index in [0.29, 0.717) is 6.54 Å². The van der Waals surface area contributed by atoms with Gasteiger partial charge in [0.25, 0.3) is 0 Å². The third-order valence-corrected chi connectivity index (χ3v) is 8.61. The van der Waals surface area contributed by atoms with E-state index in [1.165, 1.54) is 5.56 Å². The zero-order valence-electron chi connectivity index (χ0n) is 14.4. The Morgan fingerprint density at radius 3 is 2.24 bits per heavy atom. The Bertz CT molecular complexity index is 461. The molecule has 0 unspecified atom stereocenters. The Balaban J connectivity index is 2.52. The van der Waals surface area contributed by atoms with Crippen LogP contribution >= 0.6 is 0 Å². The van der Waals surface area contributed by atoms with Gasteiger partial charge in [-0.1, -0.05) is 32.9 Å². The highest BCUT2D eigenvalue weighted by molar-refractivity contribution is 6.74. The Labute approximate surface area is 130 Å². The van der Waals surface area contributed by atoms with Crippen molar-refractivity contribution in [2.75, 3.05) is 7.11 Å². The lowest BCUT2D eigenvalue weighted by molar-refractivity contribution is 0.263. The summed E-state index contributed by atoms with van der Waals surface area (Å²) in [7, 11) is -0.0438. The molecule has 0 aromatic heterocycles. The van der Waals surface area contributed by atoms with Crippen molar-refractivity contribution < 1.29 is 9.16 Å². The van der Waals surface area contributed by atoms with Crippen LogP contribution in [0.4, 0.5) is 0 Å². The Morgan fingerprint density at radius 2 is 1.76 bits per heavy atom. The van der Waals surface area contributed by atoms with Gasteiger partial charge in [0, 0.05) is 6.21 Å². The van der Waals surface area contributed by atoms with Gasteiger partial charge in [-0.3, -0.25) is 4.99 Å². The predicted octanol–water partition coefficient (Wildman–Crippen LogP) is 4.68. The molecule has 0 N–H and O–H groups in total. The molecule has 0 aliphatic rings. The number of hydrogen-bond acceptors (Lipinski definition) is 3. The molecule has 4 heteroatoms. The lowest BCUT2D eigenvalue weighted by Gasteiger charge is -2.37. The highest BCUT2D eigenvalue weighted by atomic mass is 28.4. The SMILES string of the molecule is COc1ccc(C/N=C/[C@H](C)O[Si](C)(C)C(C)(C)C)cc1. The highest BCUT2D eigenvalue weighted by Crippen LogP contribution is 2.37. The van der Waals surface area contributed by atoms with Gasteiger partial charge >= 0.3 is 0 Å². The van der Waals surface area contributed by atoms with Crippen LogP contribution in [0.3, 0.4) is 0 Å². The Kier molecular flexibility index (Phi) is 6.17. The van der Waals surface area contributed by atoms with Crippen LogP contribution in [-0.4, -0.2) is 27.7 Å². The van der Waals surface area contributed by atoms with Crippen molar-refractivity contribution in [2.24, 2.45) is 4.99 Å². The molecule has 0 fully saturated rings. The minimum Gasteiger partial charge on any atom is -0.497 e. The molecular weight excluding hydrogens is 278 g/mol. The molecular formula is C17H29NO2Si. The minimum absolute atomic E-state index is 0.0594. The van der Waals surface area contributed by atoms with Gasteiger partial charge in [-0.2, -0.15) is 0 Å². The first kappa shape index (κ1) is 17.9. The van der Waals surface area contributed by atoms with Crippen LogP contribution in [0.5, 0.6) is 5.75 Å². The summed E-state index contributed by atoms with van der Waals surface area (Å²) < 4.78 is 11.4. The van der Waals surface area contributed by atoms with Crippen molar-refractivity contribution in [3.05, 3.63) is 29.8 Å². The quantitative estimate of drug-likeness (QED) is 0.564. The van der Waals surface area contributed by atoms with Gasteiger partial charge in [0.2, 0.25) is 0 Å². The van der Waals surface area contributed by atoms with Gasteiger partial charge in [0.15, 0.2) is 8.32 Å². The summed E-state index contributed by atoms with van der Waals surface area (Å²) in [5.41, 5.74) is 1.17. The van der Waals surface area contributed by atoms with Crippen LogP contribution in [-0.2, 0) is 11.0 Å². The van der Waals surface area contributed by atoms with Gasteiger partial charge in [-0.05, 0) is 42.8 Å². The van der Waals surface area contributed by atoms with Crippen LogP contribution in [0.1, 0.15) is 33.3 Å². The van der Waals surface area contributed by atoms with Crippen LogP contribution in [0.25, 0.3) is 0 Å². The molecule has 0 heterocycles. The number of ether oxygens (including phenoxy) is 1. The number of benzene rings is 1. The standard InChI is InChI=1S/C17H29NO2Si/c1-14(20-21(6,7)17(2,3)4)12-18-13-15-8-10-16(19-5)11-9-15/h8-12,14H,13H2,1-7H3/b18-12+/t14-/m0/s1. The summed E-state index contributed by atoms with van der Waals surface area (Å²) in [6.07, 6.45) is 1.98. The van der Waals surface area contributed by atoms with E-state index in [0.717, 1.165) is 5.75 Å². The predicted molar refractivity (Wildman–Crippen MR) is 92.9 cm³/mol. The summed E-state index contributed by atoms with van der Waals surface area (Å²) in [4.78, 5) is 4.49. The van der Waals surface area contributed by atoms with Gasteiger partial charge in [-0.15, -0.1) is 0 Å². The number of aliphatic imine (C=N–C) groups is 1. The van der Waals surface area contributed by atoms with E-state index < -0.39 is 8.32 Å². The van der Waals surface area contributed by atoms with E-state index in [-0.39, 0.29) is 11.1 Å². The summed E-state index contributed by atoms with van der Waals surface area (Å²) in [6, 6.07) is 7.99. The molecule has 21 heavy (non-hydrogen) atoms. The molecule has 0 spiro atoms. The van der Waals surface area contributed by atoms with E-state index >= 15 is 0 Å². The minimum atomic E-state index is -1.72. The zero-order valence-corrected chi connectivity index (χ0v) is 15.4. The molecule has 1 aromatic carbocycles. The van der Waals surface area contributed by atoms with E-state index in [2.05, 4.69) is 45.8 Å². The molecule has 118 valence electrons. The van der Waals surface area contributed by atoms with E-state index in [4.69, 9.17) is 9.16 Å². The second kappa shape index (κ2) is 7.23. The van der Waals surface area contributed by atoms with Gasteiger partial charge in [0.05, 0.1) is 19.8 Å². The normalized spacial score (nSPS) is 14.4. The molecule has 0 radical (unpaired) electrons. The highest BCUT2D eigenvalue weighted by Gasteiger charge is 2.38. The maximum atomic E-state index is 6.25. The summed E-state index contributed by atoms with van der Waals surface area (Å²) in [5, 5.41) is 0.227. The topological polar surface area (TPSA) is 30.8 Å². The van der Waals surface area contributed by atoms with Crippen molar-refractivity contribution in [1.82, 2.24) is 0 Å². The van der Waals surface area contributed by atoms with Crippen LogP contribution in [0.2, 0.25) is 18.1 Å². The van der Waals surface area contributed by atoms with Crippen molar-refractivity contribution in [3.63, 3.8) is 0 Å². The van der Waals surface area contributed by atoms with Crippen LogP contribution in [0, 0.1) is 0 Å². The molecule has 3 nitrogen and oxygen atoms in total.